The van der Waals surface area contributed by atoms with Gasteiger partial charge in [0.15, 0.2) is 0 Å². The lowest BCUT2D eigenvalue weighted by Crippen LogP contribution is -2.05. The van der Waals surface area contributed by atoms with Crippen LogP contribution in [0.5, 0.6) is 0 Å². The minimum Gasteiger partial charge on any atom is -0.219 e. The number of rotatable bonds is 2. The van der Waals surface area contributed by atoms with Crippen molar-refractivity contribution in [3.8, 4) is 0 Å². The van der Waals surface area contributed by atoms with Crippen LogP contribution in [0.2, 0.25) is 0 Å². The molecule has 0 aliphatic rings. The Morgan fingerprint density at radius 3 is 2.64 bits per heavy atom. The van der Waals surface area contributed by atoms with Gasteiger partial charge < -0.3 is 0 Å². The van der Waals surface area contributed by atoms with E-state index in [2.05, 4.69) is 22.1 Å². The molecular formula is C4H6N4O2S. The molecule has 1 aromatic heterocycles. The van der Waals surface area contributed by atoms with Crippen molar-refractivity contribution < 1.29 is 8.42 Å². The number of hydrogen-bond acceptors (Lipinski definition) is 5. The van der Waals surface area contributed by atoms with Gasteiger partial charge in [-0.25, -0.2) is 13.1 Å². The zero-order chi connectivity index (χ0) is 8.48. The Labute approximate surface area is 63.4 Å². The molecule has 1 aromatic rings. The van der Waals surface area contributed by atoms with E-state index in [1.165, 1.54) is 7.05 Å². The van der Waals surface area contributed by atoms with Crippen molar-refractivity contribution in [3.05, 3.63) is 12.0 Å². The molecule has 0 aliphatic carbocycles. The molecule has 0 saturated heterocycles. The van der Waals surface area contributed by atoms with Crippen LogP contribution in [0.4, 0.5) is 0 Å². The minimum atomic E-state index is -3.49. The summed E-state index contributed by atoms with van der Waals surface area (Å²) in [5.41, 5.74) is 0. The predicted octanol–water partition coefficient (Wildman–Crippen LogP) is -0.873. The van der Waals surface area contributed by atoms with Crippen LogP contribution in [0.15, 0.2) is 17.1 Å². The lowest BCUT2D eigenvalue weighted by molar-refractivity contribution is 0.577. The maximum Gasteiger partial charge on any atom is 0.271 e. The van der Waals surface area contributed by atoms with E-state index in [0.29, 0.717) is 0 Å². The van der Waals surface area contributed by atoms with Crippen molar-refractivity contribution in [1.29, 1.82) is 0 Å². The molecule has 0 bridgehead atoms. The van der Waals surface area contributed by atoms with Crippen LogP contribution in [0, 0.1) is 0 Å². The highest BCUT2D eigenvalue weighted by molar-refractivity contribution is 7.94. The second-order valence-electron chi connectivity index (χ2n) is 1.80. The third kappa shape index (κ3) is 1.27. The maximum atomic E-state index is 11.0. The van der Waals surface area contributed by atoms with Gasteiger partial charge in [-0.1, -0.05) is 11.7 Å². The van der Waals surface area contributed by atoms with Crippen molar-refractivity contribution in [1.82, 2.24) is 20.2 Å². The molecule has 0 spiro atoms. The topological polar surface area (TPSA) is 77.7 Å². The van der Waals surface area contributed by atoms with Crippen LogP contribution in [-0.2, 0) is 16.9 Å². The van der Waals surface area contributed by atoms with Crippen molar-refractivity contribution >= 4 is 9.84 Å². The number of hydrogen-bond donors (Lipinski definition) is 0. The fraction of sp³-hybridized carbons (Fsp3) is 0.250. The molecule has 11 heavy (non-hydrogen) atoms. The molecule has 0 aliphatic heterocycles. The average Bonchev–Trinajstić information content (AvgIpc) is 2.36. The monoisotopic (exact) mass is 174 g/mol. The molecule has 0 atom stereocenters. The Morgan fingerprint density at radius 2 is 2.27 bits per heavy atom. The quantitative estimate of drug-likeness (QED) is 0.582. The normalized spacial score (nSPS) is 11.4. The second-order valence-corrected chi connectivity index (χ2v) is 3.59. The van der Waals surface area contributed by atoms with E-state index >= 15 is 0 Å². The summed E-state index contributed by atoms with van der Waals surface area (Å²) in [5, 5.41) is 10.4. The van der Waals surface area contributed by atoms with Gasteiger partial charge in [-0.3, -0.25) is 0 Å². The van der Waals surface area contributed by atoms with E-state index in [0.717, 1.165) is 10.1 Å². The highest BCUT2D eigenvalue weighted by atomic mass is 32.2. The van der Waals surface area contributed by atoms with Crippen LogP contribution < -0.4 is 0 Å². The van der Waals surface area contributed by atoms with E-state index in [4.69, 9.17) is 0 Å². The Morgan fingerprint density at radius 1 is 1.64 bits per heavy atom. The zero-order valence-corrected chi connectivity index (χ0v) is 6.61. The van der Waals surface area contributed by atoms with Gasteiger partial charge in [0.25, 0.3) is 5.16 Å². The first kappa shape index (κ1) is 7.86. The first-order valence-corrected chi connectivity index (χ1v) is 4.22. The van der Waals surface area contributed by atoms with Gasteiger partial charge in [0, 0.05) is 12.5 Å². The molecule has 60 valence electrons. The molecule has 0 N–H and O–H groups in total. The van der Waals surface area contributed by atoms with Gasteiger partial charge in [0.1, 0.15) is 0 Å². The van der Waals surface area contributed by atoms with Crippen molar-refractivity contribution in [3.63, 3.8) is 0 Å². The molecule has 0 fully saturated rings. The fourth-order valence-electron chi connectivity index (χ4n) is 0.537. The van der Waals surface area contributed by atoms with Crippen LogP contribution in [-0.4, -0.2) is 28.6 Å². The van der Waals surface area contributed by atoms with Crippen LogP contribution in [0.3, 0.4) is 0 Å². The third-order valence-electron chi connectivity index (χ3n) is 1.06. The van der Waals surface area contributed by atoms with Crippen LogP contribution in [0.1, 0.15) is 0 Å². The first-order chi connectivity index (χ1) is 5.08. The summed E-state index contributed by atoms with van der Waals surface area (Å²) in [6.07, 6.45) is 0. The molecular weight excluding hydrogens is 168 g/mol. The molecule has 0 radical (unpaired) electrons. The molecule has 1 heterocycles. The average molecular weight is 174 g/mol. The van der Waals surface area contributed by atoms with E-state index < -0.39 is 9.84 Å². The summed E-state index contributed by atoms with van der Waals surface area (Å²) in [5.74, 6) is 0. The number of tetrazole rings is 1. The summed E-state index contributed by atoms with van der Waals surface area (Å²) in [6, 6.07) is 0. The fourth-order valence-corrected chi connectivity index (χ4v) is 1.24. The van der Waals surface area contributed by atoms with E-state index in [9.17, 15) is 8.42 Å². The zero-order valence-electron chi connectivity index (χ0n) is 5.80. The Bertz CT molecular complexity index is 365. The summed E-state index contributed by atoms with van der Waals surface area (Å²) >= 11 is 0. The Hall–Kier alpha value is -1.24. The lowest BCUT2D eigenvalue weighted by atomic mass is 11.2. The Balaban J connectivity index is 3.33. The number of aromatic nitrogens is 4. The summed E-state index contributed by atoms with van der Waals surface area (Å²) in [4.78, 5) is 0. The largest absolute Gasteiger partial charge is 0.271 e. The standard InChI is InChI=1S/C4H6N4O2S/c1-3-11(9,10)4-5-6-7-8(4)2/h3H,1H2,2H3. The maximum absolute atomic E-state index is 11.0. The smallest absolute Gasteiger partial charge is 0.219 e. The van der Waals surface area contributed by atoms with E-state index in [1.54, 1.807) is 0 Å². The molecule has 0 amide bonds. The number of aryl methyl sites for hydroxylation is 1. The molecule has 1 rings (SSSR count). The molecule has 0 unspecified atom stereocenters. The van der Waals surface area contributed by atoms with E-state index in [1.807, 2.05) is 0 Å². The summed E-state index contributed by atoms with van der Waals surface area (Å²) in [7, 11) is -2.05. The minimum absolute atomic E-state index is 0.201. The first-order valence-electron chi connectivity index (χ1n) is 2.68. The van der Waals surface area contributed by atoms with Crippen molar-refractivity contribution in [2.24, 2.45) is 7.05 Å². The molecule has 0 saturated carbocycles. The van der Waals surface area contributed by atoms with Crippen molar-refractivity contribution in [2.45, 2.75) is 5.16 Å². The van der Waals surface area contributed by atoms with Gasteiger partial charge in [0.05, 0.1) is 0 Å². The highest BCUT2D eigenvalue weighted by Gasteiger charge is 2.16. The summed E-state index contributed by atoms with van der Waals surface area (Å²) < 4.78 is 23.1. The number of sulfone groups is 1. The lowest BCUT2D eigenvalue weighted by Gasteiger charge is -1.92. The SMILES string of the molecule is C=CS(=O)(=O)c1nnnn1C. The van der Waals surface area contributed by atoms with Gasteiger partial charge in [0.2, 0.25) is 9.84 Å². The van der Waals surface area contributed by atoms with Gasteiger partial charge in [-0.15, -0.1) is 0 Å². The van der Waals surface area contributed by atoms with Crippen LogP contribution in [0.25, 0.3) is 0 Å². The highest BCUT2D eigenvalue weighted by Crippen LogP contribution is 2.03. The predicted molar refractivity (Wildman–Crippen MR) is 36.2 cm³/mol. The Kier molecular flexibility index (Phi) is 1.73. The van der Waals surface area contributed by atoms with Crippen molar-refractivity contribution in [2.75, 3.05) is 0 Å². The summed E-state index contributed by atoms with van der Waals surface area (Å²) in [6.45, 7) is 3.13. The van der Waals surface area contributed by atoms with Gasteiger partial charge in [-0.2, -0.15) is 0 Å². The molecule has 0 aromatic carbocycles. The van der Waals surface area contributed by atoms with Crippen LogP contribution >= 0.6 is 0 Å². The van der Waals surface area contributed by atoms with Gasteiger partial charge in [-0.05, 0) is 10.4 Å². The number of nitrogens with zero attached hydrogens (tertiary/aromatic N) is 4. The second kappa shape index (κ2) is 2.42. The molecule has 6 nitrogen and oxygen atoms in total. The van der Waals surface area contributed by atoms with Gasteiger partial charge >= 0.3 is 0 Å². The van der Waals surface area contributed by atoms with E-state index in [-0.39, 0.29) is 5.16 Å². The molecule has 7 heteroatoms. The third-order valence-corrected chi connectivity index (χ3v) is 2.35.